The molecule has 0 unspecified atom stereocenters. The van der Waals surface area contributed by atoms with Crippen molar-refractivity contribution >= 4 is 0 Å². The summed E-state index contributed by atoms with van der Waals surface area (Å²) in [5.74, 6) is 0.535. The number of aromatic hydroxyl groups is 2. The number of hydrogen-bond acceptors (Lipinski definition) is 2. The first-order valence-electron chi connectivity index (χ1n) is 13.4. The maximum atomic E-state index is 10.9. The van der Waals surface area contributed by atoms with Gasteiger partial charge in [0.05, 0.1) is 0 Å². The average Bonchev–Trinajstić information content (AvgIpc) is 2.96. The molecule has 5 rings (SSSR count). The first kappa shape index (κ1) is 25.4. The average molecular weight is 499 g/mol. The van der Waals surface area contributed by atoms with Gasteiger partial charge in [0.25, 0.3) is 0 Å². The zero-order valence-electron chi connectivity index (χ0n) is 22.1. The van der Waals surface area contributed by atoms with Crippen LogP contribution in [0, 0.1) is 6.92 Å². The minimum Gasteiger partial charge on any atom is -0.507 e. The van der Waals surface area contributed by atoms with E-state index in [0.717, 1.165) is 52.6 Å². The van der Waals surface area contributed by atoms with Gasteiger partial charge in [0.2, 0.25) is 0 Å². The van der Waals surface area contributed by atoms with Crippen LogP contribution in [0.4, 0.5) is 0 Å². The van der Waals surface area contributed by atoms with Gasteiger partial charge in [-0.15, -0.1) is 0 Å². The van der Waals surface area contributed by atoms with Crippen LogP contribution in [-0.4, -0.2) is 10.2 Å². The largest absolute Gasteiger partial charge is 0.507 e. The molecule has 5 aromatic carbocycles. The summed E-state index contributed by atoms with van der Waals surface area (Å²) in [4.78, 5) is 0. The predicted molar refractivity (Wildman–Crippen MR) is 158 cm³/mol. The highest BCUT2D eigenvalue weighted by atomic mass is 16.3. The molecule has 0 amide bonds. The number of hydrogen-bond donors (Lipinski definition) is 2. The van der Waals surface area contributed by atoms with E-state index in [0.29, 0.717) is 0 Å². The summed E-state index contributed by atoms with van der Waals surface area (Å²) >= 11 is 0. The van der Waals surface area contributed by atoms with Crippen LogP contribution in [0.3, 0.4) is 0 Å². The van der Waals surface area contributed by atoms with Crippen molar-refractivity contribution in [2.75, 3.05) is 0 Å². The Kier molecular flexibility index (Phi) is 7.33. The molecular formula is C36H34O2. The van der Waals surface area contributed by atoms with Gasteiger partial charge >= 0.3 is 0 Å². The van der Waals surface area contributed by atoms with Gasteiger partial charge in [0, 0.05) is 16.5 Å². The predicted octanol–water partition coefficient (Wildman–Crippen LogP) is 9.26. The Morgan fingerprint density at radius 1 is 0.553 bits per heavy atom. The Balaban J connectivity index is 1.81. The minimum absolute atomic E-state index is 0.268. The smallest absolute Gasteiger partial charge is 0.123 e. The molecule has 0 aliphatic rings. The van der Waals surface area contributed by atoms with Crippen molar-refractivity contribution in [3.63, 3.8) is 0 Å². The molecule has 5 aromatic rings. The maximum absolute atomic E-state index is 10.9. The van der Waals surface area contributed by atoms with Gasteiger partial charge in [-0.3, -0.25) is 0 Å². The van der Waals surface area contributed by atoms with E-state index < -0.39 is 5.41 Å². The van der Waals surface area contributed by atoms with E-state index in [1.807, 2.05) is 72.8 Å². The zero-order valence-corrected chi connectivity index (χ0v) is 22.1. The number of benzene rings is 5. The van der Waals surface area contributed by atoms with Gasteiger partial charge in [0.15, 0.2) is 0 Å². The second kappa shape index (κ2) is 11.0. The Bertz CT molecular complexity index is 1410. The van der Waals surface area contributed by atoms with Gasteiger partial charge in [-0.25, -0.2) is 0 Å². The number of unbranched alkanes of at least 4 members (excludes halogenated alkanes) is 1. The van der Waals surface area contributed by atoms with E-state index in [1.54, 1.807) is 0 Å². The Morgan fingerprint density at radius 3 is 1.45 bits per heavy atom. The topological polar surface area (TPSA) is 40.5 Å². The quantitative estimate of drug-likeness (QED) is 0.209. The molecule has 0 bridgehead atoms. The van der Waals surface area contributed by atoms with Crippen LogP contribution < -0.4 is 0 Å². The molecule has 2 heteroatoms. The summed E-state index contributed by atoms with van der Waals surface area (Å²) in [6, 6.07) is 41.0. The van der Waals surface area contributed by atoms with E-state index in [9.17, 15) is 10.2 Å². The molecule has 2 nitrogen and oxygen atoms in total. The third kappa shape index (κ3) is 4.82. The summed E-state index contributed by atoms with van der Waals surface area (Å²) < 4.78 is 0. The molecule has 0 fully saturated rings. The van der Waals surface area contributed by atoms with Crippen LogP contribution in [0.5, 0.6) is 11.5 Å². The molecule has 38 heavy (non-hydrogen) atoms. The van der Waals surface area contributed by atoms with Crippen molar-refractivity contribution < 1.29 is 10.2 Å². The highest BCUT2D eigenvalue weighted by Crippen LogP contribution is 2.47. The molecular weight excluding hydrogens is 464 g/mol. The Hall–Kier alpha value is -4.30. The van der Waals surface area contributed by atoms with Crippen LogP contribution in [0.15, 0.2) is 121 Å². The van der Waals surface area contributed by atoms with Crippen molar-refractivity contribution in [1.82, 2.24) is 0 Å². The fourth-order valence-electron chi connectivity index (χ4n) is 5.51. The molecule has 0 aromatic heterocycles. The van der Waals surface area contributed by atoms with E-state index >= 15 is 0 Å². The molecule has 0 aliphatic heterocycles. The third-order valence-electron chi connectivity index (χ3n) is 7.60. The number of aryl methyl sites for hydroxylation is 1. The molecule has 0 aliphatic carbocycles. The Labute approximate surface area is 225 Å². The van der Waals surface area contributed by atoms with E-state index in [4.69, 9.17) is 0 Å². The van der Waals surface area contributed by atoms with Gasteiger partial charge in [-0.1, -0.05) is 122 Å². The van der Waals surface area contributed by atoms with Crippen molar-refractivity contribution in [2.24, 2.45) is 0 Å². The SMILES string of the molecule is CCCCC(c1ccc(C)cc1)(c1ccc(O)c(-c2ccccc2)c1)c1ccc(O)c(-c2ccccc2)c1. The van der Waals surface area contributed by atoms with Gasteiger partial charge in [-0.05, 0) is 65.4 Å². The van der Waals surface area contributed by atoms with Crippen LogP contribution in [0.1, 0.15) is 48.4 Å². The molecule has 0 saturated heterocycles. The van der Waals surface area contributed by atoms with Crippen molar-refractivity contribution in [2.45, 2.75) is 38.5 Å². The van der Waals surface area contributed by atoms with Gasteiger partial charge < -0.3 is 10.2 Å². The fraction of sp³-hybridized carbons (Fsp3) is 0.167. The van der Waals surface area contributed by atoms with E-state index in [-0.39, 0.29) is 11.5 Å². The van der Waals surface area contributed by atoms with Crippen LogP contribution in [-0.2, 0) is 5.41 Å². The lowest BCUT2D eigenvalue weighted by Crippen LogP contribution is -2.29. The van der Waals surface area contributed by atoms with Crippen LogP contribution >= 0.6 is 0 Å². The number of rotatable bonds is 8. The van der Waals surface area contributed by atoms with E-state index in [2.05, 4.69) is 62.4 Å². The normalized spacial score (nSPS) is 11.4. The number of phenols is 2. The molecule has 0 radical (unpaired) electrons. The van der Waals surface area contributed by atoms with Crippen molar-refractivity contribution in [3.8, 4) is 33.8 Å². The highest BCUT2D eigenvalue weighted by Gasteiger charge is 2.37. The second-order valence-electron chi connectivity index (χ2n) is 10.1. The lowest BCUT2D eigenvalue weighted by atomic mass is 9.65. The van der Waals surface area contributed by atoms with Crippen molar-refractivity contribution in [3.05, 3.63) is 144 Å². The maximum Gasteiger partial charge on any atom is 0.123 e. The fourth-order valence-corrected chi connectivity index (χ4v) is 5.51. The molecule has 2 N–H and O–H groups in total. The summed E-state index contributed by atoms with van der Waals surface area (Å²) in [6.45, 7) is 4.33. The second-order valence-corrected chi connectivity index (χ2v) is 10.1. The third-order valence-corrected chi connectivity index (χ3v) is 7.60. The molecule has 0 heterocycles. The standard InChI is InChI=1S/C36H34O2/c1-3-4-23-36(29-17-15-26(2)16-18-29,30-19-21-34(37)32(24-30)27-11-7-5-8-12-27)31-20-22-35(38)33(25-31)28-13-9-6-10-14-28/h5-22,24-25,37-38H,3-4,23H2,1-2H3. The minimum atomic E-state index is -0.474. The summed E-state index contributed by atoms with van der Waals surface area (Å²) in [5.41, 5.74) is 7.78. The van der Waals surface area contributed by atoms with Gasteiger partial charge in [0.1, 0.15) is 11.5 Å². The first-order chi connectivity index (χ1) is 18.5. The van der Waals surface area contributed by atoms with E-state index in [1.165, 1.54) is 11.1 Å². The lowest BCUT2D eigenvalue weighted by Gasteiger charge is -2.37. The molecule has 0 saturated carbocycles. The molecule has 0 spiro atoms. The van der Waals surface area contributed by atoms with Crippen LogP contribution in [0.25, 0.3) is 22.3 Å². The zero-order chi connectivity index (χ0) is 26.5. The molecule has 190 valence electrons. The van der Waals surface area contributed by atoms with Crippen molar-refractivity contribution in [1.29, 1.82) is 0 Å². The summed E-state index contributed by atoms with van der Waals surface area (Å²) in [5, 5.41) is 21.8. The number of phenolic OH excluding ortho intramolecular Hbond substituents is 2. The molecule has 0 atom stereocenters. The summed E-state index contributed by atoms with van der Waals surface area (Å²) in [6.07, 6.45) is 2.97. The van der Waals surface area contributed by atoms with Crippen LogP contribution in [0.2, 0.25) is 0 Å². The monoisotopic (exact) mass is 498 g/mol. The Morgan fingerprint density at radius 2 is 1.00 bits per heavy atom. The first-order valence-corrected chi connectivity index (χ1v) is 13.4. The lowest BCUT2D eigenvalue weighted by molar-refractivity contribution is 0.474. The highest BCUT2D eigenvalue weighted by molar-refractivity contribution is 5.74. The van der Waals surface area contributed by atoms with Gasteiger partial charge in [-0.2, -0.15) is 0 Å². The summed E-state index contributed by atoms with van der Waals surface area (Å²) in [7, 11) is 0.